The van der Waals surface area contributed by atoms with Crippen LogP contribution in [0.4, 0.5) is 0 Å². The van der Waals surface area contributed by atoms with E-state index in [4.69, 9.17) is 44.3 Å². The molecule has 0 spiro atoms. The van der Waals surface area contributed by atoms with E-state index in [2.05, 4.69) is 46.8 Å². The van der Waals surface area contributed by atoms with Crippen LogP contribution in [0.15, 0.2) is 30.3 Å². The molecule has 0 unspecified atom stereocenters. The van der Waals surface area contributed by atoms with Crippen LogP contribution in [-0.4, -0.2) is 14.8 Å². The molecule has 0 heterocycles. The van der Waals surface area contributed by atoms with E-state index >= 15 is 0 Å². The van der Waals surface area contributed by atoms with Crippen LogP contribution in [0, 0.1) is 0 Å². The second-order valence-corrected chi connectivity index (χ2v) is 17.2. The zero-order valence-corrected chi connectivity index (χ0v) is 17.9. The lowest BCUT2D eigenvalue weighted by atomic mass is 9.64. The molecule has 0 bridgehead atoms. The smallest absolute Gasteiger partial charge is 0.150 e. The van der Waals surface area contributed by atoms with E-state index in [1.165, 1.54) is 5.56 Å². The predicted octanol–water partition coefficient (Wildman–Crippen LogP) is 5.90. The lowest BCUT2D eigenvalue weighted by molar-refractivity contribution is 0.270. The van der Waals surface area contributed by atoms with Gasteiger partial charge < -0.3 is 0 Å². The van der Waals surface area contributed by atoms with E-state index in [-0.39, 0.29) is 15.5 Å². The molecule has 0 fully saturated rings. The summed E-state index contributed by atoms with van der Waals surface area (Å²) in [7, 11) is -3.93. The van der Waals surface area contributed by atoms with Crippen LogP contribution in [0.1, 0.15) is 40.2 Å². The molecule has 1 rings (SSSR count). The van der Waals surface area contributed by atoms with Gasteiger partial charge in [0, 0.05) is 5.41 Å². The fourth-order valence-corrected chi connectivity index (χ4v) is 7.52. The second-order valence-electron chi connectivity index (χ2n) is 6.54. The highest BCUT2D eigenvalue weighted by Gasteiger charge is 2.58. The normalized spacial score (nSPS) is 14.2. The standard InChI is InChI=1S/C14H22Cl4Si2/c1-12(2,19(15)16)14(5,13(3,4)20(17)18)11-9-7-6-8-10-11/h6-10,19-20H,1-5H3. The summed E-state index contributed by atoms with van der Waals surface area (Å²) in [5.74, 6) is 0. The SMILES string of the molecule is CC(C)([SiH](Cl)Cl)C(C)(c1ccccc1)C(C)(C)[SiH](Cl)Cl. The number of rotatable bonds is 5. The van der Waals surface area contributed by atoms with Crippen molar-refractivity contribution in [2.45, 2.75) is 50.1 Å². The van der Waals surface area contributed by atoms with Crippen molar-refractivity contribution in [3.63, 3.8) is 0 Å². The van der Waals surface area contributed by atoms with Gasteiger partial charge in [0.1, 0.15) is 0 Å². The molecule has 0 radical (unpaired) electrons. The maximum absolute atomic E-state index is 6.45. The molecule has 20 heavy (non-hydrogen) atoms. The Kier molecular flexibility index (Phi) is 6.14. The number of benzene rings is 1. The molecule has 0 aliphatic carbocycles. The zero-order chi connectivity index (χ0) is 15.8. The van der Waals surface area contributed by atoms with Crippen LogP contribution in [0.2, 0.25) is 10.1 Å². The van der Waals surface area contributed by atoms with Gasteiger partial charge in [-0.1, -0.05) is 65.0 Å². The highest BCUT2D eigenvalue weighted by Crippen LogP contribution is 2.64. The molecule has 0 aliphatic heterocycles. The van der Waals surface area contributed by atoms with Gasteiger partial charge in [-0.25, -0.2) is 0 Å². The molecule has 1 aromatic carbocycles. The fraction of sp³-hybridized carbons (Fsp3) is 0.571. The van der Waals surface area contributed by atoms with E-state index in [0.717, 1.165) is 0 Å². The highest BCUT2D eigenvalue weighted by atomic mass is 35.7. The first-order chi connectivity index (χ1) is 8.99. The fourth-order valence-electron chi connectivity index (χ4n) is 2.78. The molecule has 6 heteroatoms. The van der Waals surface area contributed by atoms with Crippen molar-refractivity contribution in [3.05, 3.63) is 35.9 Å². The Bertz CT molecular complexity index is 424. The lowest BCUT2D eigenvalue weighted by Crippen LogP contribution is -2.50. The van der Waals surface area contributed by atoms with Crippen LogP contribution in [-0.2, 0) is 5.41 Å². The first-order valence-corrected chi connectivity index (χ1v) is 14.7. The summed E-state index contributed by atoms with van der Waals surface area (Å²) in [5.41, 5.74) is 0.926. The van der Waals surface area contributed by atoms with Crippen molar-refractivity contribution >= 4 is 59.1 Å². The summed E-state index contributed by atoms with van der Waals surface area (Å²) < 4.78 is 0. The summed E-state index contributed by atoms with van der Waals surface area (Å²) in [6.45, 7) is 10.8. The molecule has 0 N–H and O–H groups in total. The molecule has 114 valence electrons. The van der Waals surface area contributed by atoms with Gasteiger partial charge >= 0.3 is 0 Å². The first-order valence-electron chi connectivity index (χ1n) is 6.61. The molecular formula is C14H22Cl4Si2. The highest BCUT2D eigenvalue weighted by molar-refractivity contribution is 7.36. The maximum atomic E-state index is 6.45. The Balaban J connectivity index is 3.59. The third kappa shape index (κ3) is 2.97. The van der Waals surface area contributed by atoms with Crippen molar-refractivity contribution in [2.24, 2.45) is 0 Å². The van der Waals surface area contributed by atoms with Gasteiger partial charge in [0.2, 0.25) is 14.8 Å². The topological polar surface area (TPSA) is 0 Å². The van der Waals surface area contributed by atoms with E-state index in [0.29, 0.717) is 0 Å². The minimum atomic E-state index is -1.97. The monoisotopic (exact) mass is 386 g/mol. The molecule has 0 saturated carbocycles. The predicted molar refractivity (Wildman–Crippen MR) is 99.6 cm³/mol. The minimum Gasteiger partial charge on any atom is -0.150 e. The van der Waals surface area contributed by atoms with Crippen LogP contribution >= 0.6 is 44.3 Å². The lowest BCUT2D eigenvalue weighted by Gasteiger charge is -2.55. The molecule has 0 saturated heterocycles. The molecule has 1 aromatic rings. The third-order valence-electron chi connectivity index (χ3n) is 5.02. The maximum Gasteiger partial charge on any atom is 0.243 e. The van der Waals surface area contributed by atoms with E-state index < -0.39 is 14.8 Å². The second kappa shape index (κ2) is 6.51. The Morgan fingerprint density at radius 3 is 1.35 bits per heavy atom. The Hall–Kier alpha value is 0.814. The molecule has 0 atom stereocenters. The van der Waals surface area contributed by atoms with Crippen LogP contribution < -0.4 is 0 Å². The average Bonchev–Trinajstić information content (AvgIpc) is 2.37. The quantitative estimate of drug-likeness (QED) is 0.435. The van der Waals surface area contributed by atoms with Crippen molar-refractivity contribution in [1.29, 1.82) is 0 Å². The summed E-state index contributed by atoms with van der Waals surface area (Å²) in [5, 5.41) is -0.480. The summed E-state index contributed by atoms with van der Waals surface area (Å²) in [4.78, 5) is 0. The minimum absolute atomic E-state index is 0.240. The van der Waals surface area contributed by atoms with E-state index in [1.54, 1.807) is 0 Å². The van der Waals surface area contributed by atoms with Gasteiger partial charge in [0.25, 0.3) is 0 Å². The van der Waals surface area contributed by atoms with Gasteiger partial charge in [-0.05, 0) is 15.6 Å². The van der Waals surface area contributed by atoms with E-state index in [9.17, 15) is 0 Å². The number of hydrogen-bond donors (Lipinski definition) is 0. The number of hydrogen-bond acceptors (Lipinski definition) is 0. The summed E-state index contributed by atoms with van der Waals surface area (Å²) in [6.07, 6.45) is 0. The van der Waals surface area contributed by atoms with Gasteiger partial charge in [0.15, 0.2) is 0 Å². The van der Waals surface area contributed by atoms with Gasteiger partial charge in [-0.3, -0.25) is 0 Å². The third-order valence-corrected chi connectivity index (χ3v) is 14.9. The molecular weight excluding hydrogens is 366 g/mol. The van der Waals surface area contributed by atoms with Crippen LogP contribution in [0.5, 0.6) is 0 Å². The van der Waals surface area contributed by atoms with Crippen LogP contribution in [0.25, 0.3) is 0 Å². The first kappa shape index (κ1) is 18.9. The molecule has 0 aromatic heterocycles. The van der Waals surface area contributed by atoms with Crippen molar-refractivity contribution in [1.82, 2.24) is 0 Å². The zero-order valence-electron chi connectivity index (χ0n) is 12.6. The van der Waals surface area contributed by atoms with Crippen LogP contribution in [0.3, 0.4) is 0 Å². The van der Waals surface area contributed by atoms with Crippen molar-refractivity contribution in [2.75, 3.05) is 0 Å². The molecule has 0 nitrogen and oxygen atoms in total. The van der Waals surface area contributed by atoms with Crippen molar-refractivity contribution in [3.8, 4) is 0 Å². The Morgan fingerprint density at radius 1 is 0.700 bits per heavy atom. The summed E-state index contributed by atoms with van der Waals surface area (Å²) >= 11 is 25.8. The van der Waals surface area contributed by atoms with Gasteiger partial charge in [0.05, 0.1) is 0 Å². The van der Waals surface area contributed by atoms with Crippen molar-refractivity contribution < 1.29 is 0 Å². The Morgan fingerprint density at radius 2 is 1.05 bits per heavy atom. The average molecular weight is 388 g/mol. The largest absolute Gasteiger partial charge is 0.243 e. The molecule has 0 amide bonds. The molecule has 0 aliphatic rings. The Labute approximate surface area is 144 Å². The van der Waals surface area contributed by atoms with Gasteiger partial charge in [-0.2, -0.15) is 0 Å². The number of halogens is 4. The van der Waals surface area contributed by atoms with Gasteiger partial charge in [-0.15, -0.1) is 44.3 Å². The van der Waals surface area contributed by atoms with E-state index in [1.807, 2.05) is 18.2 Å². The summed E-state index contributed by atoms with van der Waals surface area (Å²) in [6, 6.07) is 10.3.